The Morgan fingerprint density at radius 3 is 3.22 bits per heavy atom. The summed E-state index contributed by atoms with van der Waals surface area (Å²) in [6.07, 6.45) is 5.31. The molecule has 2 N–H and O–H groups in total. The normalized spacial score (nSPS) is 15.1. The van der Waals surface area contributed by atoms with Crippen LogP contribution in [0.3, 0.4) is 0 Å². The van der Waals surface area contributed by atoms with Crippen molar-refractivity contribution in [1.82, 2.24) is 15.6 Å². The lowest BCUT2D eigenvalue weighted by Gasteiger charge is -1.93. The second-order valence-corrected chi connectivity index (χ2v) is 4.20. The van der Waals surface area contributed by atoms with Crippen LogP contribution in [-0.2, 0) is 0 Å². The van der Waals surface area contributed by atoms with Gasteiger partial charge in [0.2, 0.25) is 0 Å². The molecule has 0 spiro atoms. The Labute approximate surface area is 103 Å². The summed E-state index contributed by atoms with van der Waals surface area (Å²) in [5.74, 6) is 0.794. The zero-order chi connectivity index (χ0) is 12.4. The largest absolute Gasteiger partial charge is 0.463 e. The average molecular weight is 244 g/mol. The molecule has 18 heavy (non-hydrogen) atoms. The molecule has 1 amide bonds. The maximum absolute atomic E-state index is 11.7. The first-order chi connectivity index (χ1) is 8.83. The van der Waals surface area contributed by atoms with Gasteiger partial charge in [0.05, 0.1) is 12.5 Å². The van der Waals surface area contributed by atoms with Crippen LogP contribution in [0.1, 0.15) is 40.7 Å². The van der Waals surface area contributed by atoms with E-state index in [1.54, 1.807) is 24.5 Å². The van der Waals surface area contributed by atoms with Crippen molar-refractivity contribution >= 4 is 12.1 Å². The van der Waals surface area contributed by atoms with E-state index in [2.05, 4.69) is 20.7 Å². The zero-order valence-electron chi connectivity index (χ0n) is 9.59. The number of hydrazone groups is 1. The molecule has 0 radical (unpaired) electrons. The minimum Gasteiger partial charge on any atom is -0.463 e. The van der Waals surface area contributed by atoms with E-state index in [0.29, 0.717) is 17.4 Å². The van der Waals surface area contributed by atoms with Gasteiger partial charge in [-0.15, -0.1) is 0 Å². The fourth-order valence-electron chi connectivity index (χ4n) is 1.63. The van der Waals surface area contributed by atoms with Crippen LogP contribution >= 0.6 is 0 Å². The summed E-state index contributed by atoms with van der Waals surface area (Å²) in [6, 6.07) is 5.27. The SMILES string of the molecule is O=C(N/N=C/c1ccco1)c1cc(C2CC2)[nH]n1. The lowest BCUT2D eigenvalue weighted by Crippen LogP contribution is -2.17. The lowest BCUT2D eigenvalue weighted by atomic mass is 10.2. The Hall–Kier alpha value is -2.37. The minimum absolute atomic E-state index is 0.332. The highest BCUT2D eigenvalue weighted by molar-refractivity contribution is 5.93. The molecule has 0 unspecified atom stereocenters. The Bertz CT molecular complexity index is 567. The van der Waals surface area contributed by atoms with Gasteiger partial charge in [-0.05, 0) is 31.0 Å². The smallest absolute Gasteiger partial charge is 0.291 e. The molecule has 2 heterocycles. The highest BCUT2D eigenvalue weighted by Gasteiger charge is 2.26. The average Bonchev–Trinajstić information content (AvgIpc) is 2.92. The number of hydrogen-bond donors (Lipinski definition) is 2. The highest BCUT2D eigenvalue weighted by Crippen LogP contribution is 2.38. The molecule has 6 nitrogen and oxygen atoms in total. The molecule has 1 aliphatic carbocycles. The molecule has 2 aromatic heterocycles. The van der Waals surface area contributed by atoms with Crippen LogP contribution < -0.4 is 5.43 Å². The third kappa shape index (κ3) is 2.32. The van der Waals surface area contributed by atoms with Crippen LogP contribution in [0.15, 0.2) is 34.0 Å². The number of hydrogen-bond acceptors (Lipinski definition) is 4. The molecular weight excluding hydrogens is 232 g/mol. The number of furan rings is 1. The fourth-order valence-corrected chi connectivity index (χ4v) is 1.63. The summed E-state index contributed by atoms with van der Waals surface area (Å²) < 4.78 is 5.04. The van der Waals surface area contributed by atoms with Crippen molar-refractivity contribution in [1.29, 1.82) is 0 Å². The minimum atomic E-state index is -0.332. The van der Waals surface area contributed by atoms with Crippen LogP contribution in [0, 0.1) is 0 Å². The topological polar surface area (TPSA) is 83.3 Å². The van der Waals surface area contributed by atoms with Crippen LogP contribution in [0.2, 0.25) is 0 Å². The van der Waals surface area contributed by atoms with Gasteiger partial charge in [0.15, 0.2) is 5.69 Å². The van der Waals surface area contributed by atoms with Crippen molar-refractivity contribution in [2.24, 2.45) is 5.10 Å². The van der Waals surface area contributed by atoms with Crippen LogP contribution in [-0.4, -0.2) is 22.3 Å². The molecule has 92 valence electrons. The first-order valence-corrected chi connectivity index (χ1v) is 5.75. The van der Waals surface area contributed by atoms with Crippen molar-refractivity contribution in [2.45, 2.75) is 18.8 Å². The molecule has 0 bridgehead atoms. The maximum atomic E-state index is 11.7. The van der Waals surface area contributed by atoms with Gasteiger partial charge in [0.25, 0.3) is 5.91 Å². The van der Waals surface area contributed by atoms with Gasteiger partial charge in [0, 0.05) is 11.6 Å². The van der Waals surface area contributed by atoms with Crippen molar-refractivity contribution < 1.29 is 9.21 Å². The highest BCUT2D eigenvalue weighted by atomic mass is 16.3. The molecule has 1 saturated carbocycles. The Balaban J connectivity index is 1.60. The van der Waals surface area contributed by atoms with Gasteiger partial charge in [-0.25, -0.2) is 5.43 Å². The Kier molecular flexibility index (Phi) is 2.68. The van der Waals surface area contributed by atoms with E-state index in [1.807, 2.05) is 0 Å². The van der Waals surface area contributed by atoms with Gasteiger partial charge in [0.1, 0.15) is 5.76 Å². The first kappa shape index (κ1) is 10.8. The van der Waals surface area contributed by atoms with Gasteiger partial charge in [-0.2, -0.15) is 10.2 Å². The molecule has 2 aromatic rings. The van der Waals surface area contributed by atoms with Crippen molar-refractivity contribution in [3.05, 3.63) is 41.6 Å². The molecule has 6 heteroatoms. The number of carbonyl (C=O) groups is 1. The third-order valence-corrected chi connectivity index (χ3v) is 2.75. The van der Waals surface area contributed by atoms with Crippen LogP contribution in [0.4, 0.5) is 0 Å². The molecule has 0 saturated heterocycles. The molecule has 1 fully saturated rings. The number of aromatic nitrogens is 2. The number of aromatic amines is 1. The van der Waals surface area contributed by atoms with Crippen molar-refractivity contribution in [2.75, 3.05) is 0 Å². The van der Waals surface area contributed by atoms with Gasteiger partial charge < -0.3 is 4.42 Å². The number of nitrogens with one attached hydrogen (secondary N) is 2. The molecular formula is C12H12N4O2. The van der Waals surface area contributed by atoms with E-state index < -0.39 is 0 Å². The quantitative estimate of drug-likeness (QED) is 0.633. The fraction of sp³-hybridized carbons (Fsp3) is 0.250. The monoisotopic (exact) mass is 244 g/mol. The second-order valence-electron chi connectivity index (χ2n) is 4.20. The van der Waals surface area contributed by atoms with Crippen LogP contribution in [0.25, 0.3) is 0 Å². The molecule has 1 aliphatic rings. The van der Waals surface area contributed by atoms with E-state index in [-0.39, 0.29) is 5.91 Å². The van der Waals surface area contributed by atoms with E-state index in [9.17, 15) is 4.79 Å². The summed E-state index contributed by atoms with van der Waals surface area (Å²) in [4.78, 5) is 11.7. The first-order valence-electron chi connectivity index (χ1n) is 5.75. The molecule has 3 rings (SSSR count). The number of rotatable bonds is 4. The standard InChI is InChI=1S/C12H12N4O2/c17-12(16-13-7-9-2-1-5-18-9)11-6-10(14-15-11)8-3-4-8/h1-2,5-8H,3-4H2,(H,14,15)(H,16,17)/b13-7+. The van der Waals surface area contributed by atoms with Crippen molar-refractivity contribution in [3.63, 3.8) is 0 Å². The molecule has 0 aliphatic heterocycles. The predicted octanol–water partition coefficient (Wildman–Crippen LogP) is 1.64. The van der Waals surface area contributed by atoms with E-state index >= 15 is 0 Å². The number of amides is 1. The Morgan fingerprint density at radius 2 is 2.50 bits per heavy atom. The molecule has 0 aromatic carbocycles. The molecule has 0 atom stereocenters. The Morgan fingerprint density at radius 1 is 1.61 bits per heavy atom. The van der Waals surface area contributed by atoms with Gasteiger partial charge >= 0.3 is 0 Å². The number of nitrogens with zero attached hydrogens (tertiary/aromatic N) is 2. The van der Waals surface area contributed by atoms with Crippen molar-refractivity contribution in [3.8, 4) is 0 Å². The predicted molar refractivity (Wildman–Crippen MR) is 64.3 cm³/mol. The van der Waals surface area contributed by atoms with E-state index in [4.69, 9.17) is 4.42 Å². The van der Waals surface area contributed by atoms with Gasteiger partial charge in [-0.3, -0.25) is 9.89 Å². The number of H-pyrrole nitrogens is 1. The summed E-state index contributed by atoms with van der Waals surface area (Å²) in [5, 5.41) is 10.6. The van der Waals surface area contributed by atoms with Crippen LogP contribution in [0.5, 0.6) is 0 Å². The summed E-state index contributed by atoms with van der Waals surface area (Å²) in [6.45, 7) is 0. The number of carbonyl (C=O) groups excluding carboxylic acids is 1. The zero-order valence-corrected chi connectivity index (χ0v) is 9.59. The third-order valence-electron chi connectivity index (χ3n) is 2.75. The second kappa shape index (κ2) is 4.48. The summed E-state index contributed by atoms with van der Waals surface area (Å²) >= 11 is 0. The van der Waals surface area contributed by atoms with E-state index in [1.165, 1.54) is 19.1 Å². The lowest BCUT2D eigenvalue weighted by molar-refractivity contribution is 0.0950. The van der Waals surface area contributed by atoms with E-state index in [0.717, 1.165) is 5.69 Å². The summed E-state index contributed by atoms with van der Waals surface area (Å²) in [7, 11) is 0. The maximum Gasteiger partial charge on any atom is 0.291 e. The van der Waals surface area contributed by atoms with Gasteiger partial charge in [-0.1, -0.05) is 0 Å². The summed E-state index contributed by atoms with van der Waals surface area (Å²) in [5.41, 5.74) is 3.78.